The van der Waals surface area contributed by atoms with Gasteiger partial charge in [-0.25, -0.2) is 0 Å². The Morgan fingerprint density at radius 3 is 1.13 bits per heavy atom. The van der Waals surface area contributed by atoms with Gasteiger partial charge in [0.05, 0.1) is 0 Å². The maximum Gasteiger partial charge on any atom is 0.122 e. The van der Waals surface area contributed by atoms with Crippen LogP contribution in [0, 0.1) is 55.4 Å². The third-order valence-electron chi connectivity index (χ3n) is 9.63. The molecule has 244 valence electrons. The van der Waals surface area contributed by atoms with E-state index in [2.05, 4.69) is 0 Å². The van der Waals surface area contributed by atoms with Crippen molar-refractivity contribution in [3.05, 3.63) is 144 Å². The molecule has 0 saturated carbocycles. The Kier molecular flexibility index (Phi) is 9.31. The number of aryl methyl sites for hydroxylation is 7. The molecule has 5 aromatic carbocycles. The van der Waals surface area contributed by atoms with Crippen molar-refractivity contribution in [2.75, 3.05) is 0 Å². The molecule has 0 aromatic heterocycles. The third kappa shape index (κ3) is 6.95. The van der Waals surface area contributed by atoms with Crippen LogP contribution in [0.5, 0.6) is 28.7 Å². The Bertz CT molecular complexity index is 2020. The predicted octanol–water partition coefficient (Wildman–Crippen LogP) is 9.05. The Morgan fingerprint density at radius 1 is 0.340 bits per heavy atom. The van der Waals surface area contributed by atoms with Crippen molar-refractivity contribution in [1.82, 2.24) is 0 Å². The number of hydrogen-bond donors (Lipinski definition) is 5. The summed E-state index contributed by atoms with van der Waals surface area (Å²) in [4.78, 5) is 0. The molecule has 47 heavy (non-hydrogen) atoms. The second-order valence-corrected chi connectivity index (χ2v) is 13.5. The zero-order valence-electron chi connectivity index (χ0n) is 28.8. The fourth-order valence-electron chi connectivity index (χ4n) is 6.76. The summed E-state index contributed by atoms with van der Waals surface area (Å²) >= 11 is 0. The fourth-order valence-corrected chi connectivity index (χ4v) is 6.76. The van der Waals surface area contributed by atoms with Crippen LogP contribution in [0.1, 0.15) is 89.0 Å². The summed E-state index contributed by atoms with van der Waals surface area (Å²) in [6.07, 6.45) is 1.91. The van der Waals surface area contributed by atoms with Gasteiger partial charge in [-0.3, -0.25) is 0 Å². The van der Waals surface area contributed by atoms with Crippen LogP contribution in [-0.4, -0.2) is 25.5 Å². The largest absolute Gasteiger partial charge is 0.508 e. The molecule has 0 aliphatic heterocycles. The molecule has 5 rings (SSSR count). The first-order valence-electron chi connectivity index (χ1n) is 16.1. The molecule has 5 heteroatoms. The van der Waals surface area contributed by atoms with Crippen molar-refractivity contribution < 1.29 is 25.5 Å². The van der Waals surface area contributed by atoms with E-state index < -0.39 is 0 Å². The van der Waals surface area contributed by atoms with Crippen molar-refractivity contribution >= 4 is 0 Å². The average Bonchev–Trinajstić information content (AvgIpc) is 2.99. The topological polar surface area (TPSA) is 101 Å². The van der Waals surface area contributed by atoms with E-state index >= 15 is 0 Å². The van der Waals surface area contributed by atoms with Crippen LogP contribution in [0.25, 0.3) is 0 Å². The molecular weight excluding hydrogens is 584 g/mol. The van der Waals surface area contributed by atoms with Gasteiger partial charge in [0.25, 0.3) is 0 Å². The zero-order chi connectivity index (χ0) is 34.3. The van der Waals surface area contributed by atoms with Crippen LogP contribution in [0.3, 0.4) is 0 Å². The first-order chi connectivity index (χ1) is 22.1. The Hall–Kier alpha value is -4.90. The number of benzene rings is 5. The molecule has 5 aromatic rings. The van der Waals surface area contributed by atoms with Crippen molar-refractivity contribution in [2.45, 2.75) is 81.1 Å². The van der Waals surface area contributed by atoms with Crippen molar-refractivity contribution in [2.24, 2.45) is 0 Å². The predicted molar refractivity (Wildman–Crippen MR) is 190 cm³/mol. The number of phenols is 5. The molecule has 0 atom stereocenters. The van der Waals surface area contributed by atoms with E-state index in [4.69, 9.17) is 0 Å². The second-order valence-electron chi connectivity index (χ2n) is 13.5. The smallest absolute Gasteiger partial charge is 0.122 e. The molecule has 0 amide bonds. The number of hydrogen-bond acceptors (Lipinski definition) is 5. The fraction of sp³-hybridized carbons (Fsp3) is 0.286. The van der Waals surface area contributed by atoms with E-state index in [0.717, 1.165) is 89.0 Å². The van der Waals surface area contributed by atoms with Crippen LogP contribution < -0.4 is 0 Å². The second kappa shape index (κ2) is 13.1. The van der Waals surface area contributed by atoms with Crippen LogP contribution in [0.4, 0.5) is 0 Å². The lowest BCUT2D eigenvalue weighted by molar-refractivity contribution is 0.456. The summed E-state index contributed by atoms with van der Waals surface area (Å²) in [6, 6.07) is 17.5. The molecule has 0 aliphatic carbocycles. The molecule has 0 spiro atoms. The highest BCUT2D eigenvalue weighted by atomic mass is 16.3. The number of phenolic OH excluding ortho intramolecular Hbond substituents is 5. The molecule has 5 nitrogen and oxygen atoms in total. The summed E-state index contributed by atoms with van der Waals surface area (Å²) in [5.41, 5.74) is 14.3. The van der Waals surface area contributed by atoms with Gasteiger partial charge in [-0.1, -0.05) is 53.6 Å². The quantitative estimate of drug-likeness (QED) is 0.118. The average molecular weight is 631 g/mol. The highest BCUT2D eigenvalue weighted by Crippen LogP contribution is 2.38. The lowest BCUT2D eigenvalue weighted by atomic mass is 9.87. The maximum absolute atomic E-state index is 11.5. The Morgan fingerprint density at radius 2 is 0.702 bits per heavy atom. The SMILES string of the molecule is Cc1cc(Cc2cc(C)c(O)cc2C)c(O)c(Cc2cc(C)c(O)c(Cc3cc(C)cc(Cc4cc(C)c(O)cc4C)c3O)c2C)c1. The van der Waals surface area contributed by atoms with Gasteiger partial charge >= 0.3 is 0 Å². The van der Waals surface area contributed by atoms with Gasteiger partial charge in [-0.05, 0) is 140 Å². The molecule has 5 N–H and O–H groups in total. The standard InChI is InChI=1S/C42H46O5/c1-22-9-33(18-30-13-26(5)38(43)16-24(30)3)41(46)35(11-22)20-32-15-28(7)40(45)37(29(32)8)21-36-12-23(2)10-34(42(36)47)19-31-14-27(6)39(44)17-25(31)4/h9-17,43-47H,18-21H2,1-8H3. The van der Waals surface area contributed by atoms with E-state index in [1.54, 1.807) is 12.1 Å². The minimum absolute atomic E-state index is 0.211. The monoisotopic (exact) mass is 630 g/mol. The molecule has 0 saturated heterocycles. The van der Waals surface area contributed by atoms with Crippen LogP contribution >= 0.6 is 0 Å². The highest BCUT2D eigenvalue weighted by Gasteiger charge is 2.20. The summed E-state index contributed by atoms with van der Waals surface area (Å²) in [6.45, 7) is 15.6. The minimum Gasteiger partial charge on any atom is -0.508 e. The zero-order valence-corrected chi connectivity index (χ0v) is 28.8. The molecule has 0 radical (unpaired) electrons. The van der Waals surface area contributed by atoms with Gasteiger partial charge in [-0.2, -0.15) is 0 Å². The normalized spacial score (nSPS) is 11.3. The van der Waals surface area contributed by atoms with Gasteiger partial charge in [0.15, 0.2) is 0 Å². The molecular formula is C42H46O5. The molecule has 0 aliphatic rings. The Balaban J connectivity index is 1.49. The van der Waals surface area contributed by atoms with E-state index in [-0.39, 0.29) is 28.7 Å². The van der Waals surface area contributed by atoms with E-state index in [9.17, 15) is 25.5 Å². The van der Waals surface area contributed by atoms with Crippen LogP contribution in [0.2, 0.25) is 0 Å². The van der Waals surface area contributed by atoms with Gasteiger partial charge < -0.3 is 25.5 Å². The van der Waals surface area contributed by atoms with Gasteiger partial charge in [0.2, 0.25) is 0 Å². The van der Waals surface area contributed by atoms with Crippen LogP contribution in [0.15, 0.2) is 54.6 Å². The first-order valence-corrected chi connectivity index (χ1v) is 16.1. The van der Waals surface area contributed by atoms with Crippen molar-refractivity contribution in [3.63, 3.8) is 0 Å². The molecule has 0 unspecified atom stereocenters. The van der Waals surface area contributed by atoms with E-state index in [1.807, 2.05) is 97.9 Å². The van der Waals surface area contributed by atoms with Gasteiger partial charge in [0.1, 0.15) is 28.7 Å². The molecule has 0 fully saturated rings. The van der Waals surface area contributed by atoms with E-state index in [1.165, 1.54) is 0 Å². The summed E-state index contributed by atoms with van der Waals surface area (Å²) in [5, 5.41) is 54.5. The third-order valence-corrected chi connectivity index (χ3v) is 9.63. The summed E-state index contributed by atoms with van der Waals surface area (Å²) < 4.78 is 0. The summed E-state index contributed by atoms with van der Waals surface area (Å²) in [7, 11) is 0. The lowest BCUT2D eigenvalue weighted by Gasteiger charge is -2.19. The maximum atomic E-state index is 11.5. The highest BCUT2D eigenvalue weighted by molar-refractivity contribution is 5.57. The Labute approximate surface area is 278 Å². The van der Waals surface area contributed by atoms with E-state index in [0.29, 0.717) is 25.7 Å². The molecule has 0 heterocycles. The number of rotatable bonds is 8. The van der Waals surface area contributed by atoms with Gasteiger partial charge in [-0.15, -0.1) is 0 Å². The van der Waals surface area contributed by atoms with Crippen molar-refractivity contribution in [3.8, 4) is 28.7 Å². The number of aromatic hydroxyl groups is 5. The van der Waals surface area contributed by atoms with Crippen molar-refractivity contribution in [1.29, 1.82) is 0 Å². The van der Waals surface area contributed by atoms with Gasteiger partial charge in [0, 0.05) is 31.2 Å². The lowest BCUT2D eigenvalue weighted by Crippen LogP contribution is -2.04. The van der Waals surface area contributed by atoms with Crippen LogP contribution in [-0.2, 0) is 25.7 Å². The minimum atomic E-state index is 0.211. The summed E-state index contributed by atoms with van der Waals surface area (Å²) in [5.74, 6) is 1.22. The first kappa shape index (κ1) is 33.5. The molecule has 0 bridgehead atoms.